The summed E-state index contributed by atoms with van der Waals surface area (Å²) >= 11 is 0. The Morgan fingerprint density at radius 3 is 2.61 bits per heavy atom. The lowest BCUT2D eigenvalue weighted by Gasteiger charge is -2.37. The molecule has 1 aromatic heterocycles. The standard InChI is InChI=1S/C27H32N4O2/c1-19-6-4-8-22(16-19)29-27(33)31-13-5-7-21(18-31)26(32)30-14-11-20(12-15-30)24-17-28-25-10-3-2-9-23(24)25/h2-4,6,8-10,16-17,20-21,28H,5,7,11-15,18H2,1H3,(H,29,33). The third kappa shape index (κ3) is 4.61. The zero-order valence-electron chi connectivity index (χ0n) is 19.2. The van der Waals surface area contributed by atoms with Gasteiger partial charge in [0.15, 0.2) is 0 Å². The number of piperidine rings is 2. The van der Waals surface area contributed by atoms with Crippen LogP contribution in [0.4, 0.5) is 10.5 Å². The van der Waals surface area contributed by atoms with Gasteiger partial charge in [0, 0.05) is 49.0 Å². The molecular formula is C27H32N4O2. The summed E-state index contributed by atoms with van der Waals surface area (Å²) in [6, 6.07) is 16.1. The van der Waals surface area contributed by atoms with Crippen LogP contribution in [0.15, 0.2) is 54.7 Å². The maximum absolute atomic E-state index is 13.3. The molecule has 6 heteroatoms. The van der Waals surface area contributed by atoms with Crippen molar-refractivity contribution in [3.63, 3.8) is 0 Å². The summed E-state index contributed by atoms with van der Waals surface area (Å²) in [7, 11) is 0. The molecule has 2 saturated heterocycles. The van der Waals surface area contributed by atoms with E-state index in [1.807, 2.05) is 36.1 Å². The van der Waals surface area contributed by atoms with Crippen molar-refractivity contribution >= 4 is 28.5 Å². The number of aryl methyl sites for hydroxylation is 1. The van der Waals surface area contributed by atoms with Crippen molar-refractivity contribution in [2.75, 3.05) is 31.5 Å². The van der Waals surface area contributed by atoms with E-state index < -0.39 is 0 Å². The van der Waals surface area contributed by atoms with Gasteiger partial charge >= 0.3 is 6.03 Å². The Kier molecular flexibility index (Phi) is 6.07. The highest BCUT2D eigenvalue weighted by Gasteiger charge is 2.33. The molecule has 3 aromatic rings. The molecule has 0 radical (unpaired) electrons. The van der Waals surface area contributed by atoms with E-state index in [9.17, 15) is 9.59 Å². The minimum atomic E-state index is -0.115. The molecule has 6 nitrogen and oxygen atoms in total. The summed E-state index contributed by atoms with van der Waals surface area (Å²) in [6.07, 6.45) is 5.83. The van der Waals surface area contributed by atoms with Crippen LogP contribution < -0.4 is 5.32 Å². The van der Waals surface area contributed by atoms with Crippen molar-refractivity contribution < 1.29 is 9.59 Å². The summed E-state index contributed by atoms with van der Waals surface area (Å²) in [5.74, 6) is 0.584. The van der Waals surface area contributed by atoms with Crippen LogP contribution in [0.1, 0.15) is 42.7 Å². The number of carbonyl (C=O) groups is 2. The van der Waals surface area contributed by atoms with Gasteiger partial charge in [-0.25, -0.2) is 4.79 Å². The Balaban J connectivity index is 1.17. The lowest BCUT2D eigenvalue weighted by atomic mass is 9.88. The third-order valence-electron chi connectivity index (χ3n) is 7.19. The summed E-state index contributed by atoms with van der Waals surface area (Å²) in [5.41, 5.74) is 4.45. The molecule has 2 aromatic carbocycles. The van der Waals surface area contributed by atoms with Crippen molar-refractivity contribution in [1.29, 1.82) is 0 Å². The van der Waals surface area contributed by atoms with Crippen molar-refractivity contribution in [2.24, 2.45) is 5.92 Å². The average molecular weight is 445 g/mol. The van der Waals surface area contributed by atoms with Crippen LogP contribution in [0.2, 0.25) is 0 Å². The van der Waals surface area contributed by atoms with E-state index in [0.29, 0.717) is 19.0 Å². The topological polar surface area (TPSA) is 68.4 Å². The highest BCUT2D eigenvalue weighted by molar-refractivity contribution is 5.90. The van der Waals surface area contributed by atoms with Gasteiger partial charge in [-0.2, -0.15) is 0 Å². The molecule has 1 atom stereocenters. The van der Waals surface area contributed by atoms with Crippen LogP contribution in [0, 0.1) is 12.8 Å². The molecule has 0 aliphatic carbocycles. The lowest BCUT2D eigenvalue weighted by Crippen LogP contribution is -2.49. The second kappa shape index (κ2) is 9.30. The van der Waals surface area contributed by atoms with E-state index in [1.54, 1.807) is 4.90 Å². The fourth-order valence-electron chi connectivity index (χ4n) is 5.39. The molecule has 3 amide bonds. The number of aromatic amines is 1. The first-order chi connectivity index (χ1) is 16.1. The molecule has 3 heterocycles. The predicted molar refractivity (Wildman–Crippen MR) is 131 cm³/mol. The molecule has 2 N–H and O–H groups in total. The Hall–Kier alpha value is -3.28. The minimum absolute atomic E-state index is 0.105. The predicted octanol–water partition coefficient (Wildman–Crippen LogP) is 5.13. The van der Waals surface area contributed by atoms with Crippen LogP contribution in [-0.4, -0.2) is 52.9 Å². The van der Waals surface area contributed by atoms with Gasteiger partial charge in [0.25, 0.3) is 0 Å². The van der Waals surface area contributed by atoms with Crippen molar-refractivity contribution in [1.82, 2.24) is 14.8 Å². The monoisotopic (exact) mass is 444 g/mol. The van der Waals surface area contributed by atoms with Crippen molar-refractivity contribution in [3.8, 4) is 0 Å². The largest absolute Gasteiger partial charge is 0.361 e. The van der Waals surface area contributed by atoms with Crippen LogP contribution in [0.25, 0.3) is 10.9 Å². The number of para-hydroxylation sites is 1. The molecule has 33 heavy (non-hydrogen) atoms. The number of benzene rings is 2. The molecule has 1 unspecified atom stereocenters. The van der Waals surface area contributed by atoms with Crippen LogP contribution in [0.5, 0.6) is 0 Å². The summed E-state index contributed by atoms with van der Waals surface area (Å²) < 4.78 is 0. The number of nitrogens with one attached hydrogen (secondary N) is 2. The SMILES string of the molecule is Cc1cccc(NC(=O)N2CCCC(C(=O)N3CCC(c4c[nH]c5ccccc45)CC3)C2)c1. The number of carbonyl (C=O) groups excluding carboxylic acids is 2. The molecule has 2 fully saturated rings. The average Bonchev–Trinajstić information content (AvgIpc) is 3.28. The van der Waals surface area contributed by atoms with Gasteiger partial charge in [-0.1, -0.05) is 30.3 Å². The third-order valence-corrected chi connectivity index (χ3v) is 7.19. The van der Waals surface area contributed by atoms with Gasteiger partial charge in [0.1, 0.15) is 0 Å². The van der Waals surface area contributed by atoms with Gasteiger partial charge in [-0.15, -0.1) is 0 Å². The number of hydrogen-bond donors (Lipinski definition) is 2. The second-order valence-corrected chi connectivity index (χ2v) is 9.47. The molecule has 2 aliphatic rings. The van der Waals surface area contributed by atoms with E-state index >= 15 is 0 Å². The van der Waals surface area contributed by atoms with E-state index in [-0.39, 0.29) is 17.9 Å². The molecular weight excluding hydrogens is 412 g/mol. The number of likely N-dealkylation sites (tertiary alicyclic amines) is 2. The Morgan fingerprint density at radius 1 is 0.970 bits per heavy atom. The second-order valence-electron chi connectivity index (χ2n) is 9.47. The number of aromatic nitrogens is 1. The number of nitrogens with zero attached hydrogens (tertiary/aromatic N) is 2. The van der Waals surface area contributed by atoms with Crippen LogP contribution in [0.3, 0.4) is 0 Å². The quantitative estimate of drug-likeness (QED) is 0.588. The molecule has 5 rings (SSSR count). The fourth-order valence-corrected chi connectivity index (χ4v) is 5.39. The number of urea groups is 1. The van der Waals surface area contributed by atoms with Gasteiger partial charge < -0.3 is 20.1 Å². The summed E-state index contributed by atoms with van der Waals surface area (Å²) in [4.78, 5) is 33.3. The van der Waals surface area contributed by atoms with Gasteiger partial charge in [-0.3, -0.25) is 4.79 Å². The maximum Gasteiger partial charge on any atom is 0.321 e. The van der Waals surface area contributed by atoms with Gasteiger partial charge in [0.2, 0.25) is 5.91 Å². The molecule has 172 valence electrons. The molecule has 2 aliphatic heterocycles. The molecule has 0 spiro atoms. The fraction of sp³-hybridized carbons (Fsp3) is 0.407. The number of hydrogen-bond acceptors (Lipinski definition) is 2. The highest BCUT2D eigenvalue weighted by atomic mass is 16.2. The Bertz CT molecular complexity index is 1150. The highest BCUT2D eigenvalue weighted by Crippen LogP contribution is 2.34. The first-order valence-corrected chi connectivity index (χ1v) is 12.1. The van der Waals surface area contributed by atoms with Gasteiger partial charge in [0.05, 0.1) is 5.92 Å². The smallest absolute Gasteiger partial charge is 0.321 e. The summed E-state index contributed by atoms with van der Waals surface area (Å²) in [5, 5.41) is 4.28. The van der Waals surface area contributed by atoms with E-state index in [4.69, 9.17) is 0 Å². The van der Waals surface area contributed by atoms with Gasteiger partial charge in [-0.05, 0) is 67.9 Å². The minimum Gasteiger partial charge on any atom is -0.361 e. The first kappa shape index (κ1) is 21.6. The maximum atomic E-state index is 13.3. The first-order valence-electron chi connectivity index (χ1n) is 12.1. The van der Waals surface area contributed by atoms with E-state index in [1.165, 1.54) is 16.5 Å². The normalized spacial score (nSPS) is 19.6. The van der Waals surface area contributed by atoms with Crippen LogP contribution in [-0.2, 0) is 4.79 Å². The van der Waals surface area contributed by atoms with E-state index in [0.717, 1.165) is 50.0 Å². The van der Waals surface area contributed by atoms with E-state index in [2.05, 4.69) is 40.8 Å². The summed E-state index contributed by atoms with van der Waals surface area (Å²) in [6.45, 7) is 4.78. The number of amides is 3. The van der Waals surface area contributed by atoms with Crippen molar-refractivity contribution in [3.05, 3.63) is 65.9 Å². The van der Waals surface area contributed by atoms with Crippen LogP contribution >= 0.6 is 0 Å². The Morgan fingerprint density at radius 2 is 1.79 bits per heavy atom. The number of H-pyrrole nitrogens is 1. The number of anilines is 1. The molecule has 0 bridgehead atoms. The number of rotatable bonds is 3. The zero-order chi connectivity index (χ0) is 22.8. The lowest BCUT2D eigenvalue weighted by molar-refractivity contribution is -0.138. The number of fused-ring (bicyclic) bond motifs is 1. The molecule has 0 saturated carbocycles. The zero-order valence-corrected chi connectivity index (χ0v) is 19.2. The van der Waals surface area contributed by atoms with Crippen molar-refractivity contribution in [2.45, 2.75) is 38.5 Å². The Labute approximate surface area is 195 Å².